The summed E-state index contributed by atoms with van der Waals surface area (Å²) in [4.78, 5) is 12.5. The maximum atomic E-state index is 12.5. The first-order valence-corrected chi connectivity index (χ1v) is 7.33. The third-order valence-electron chi connectivity index (χ3n) is 3.79. The third kappa shape index (κ3) is 2.74. The molecule has 0 saturated carbocycles. The van der Waals surface area contributed by atoms with Crippen molar-refractivity contribution in [2.75, 3.05) is 5.12 Å². The number of rotatable bonds is 4. The largest absolute Gasteiger partial charge is 0.289 e. The zero-order valence-corrected chi connectivity index (χ0v) is 12.3. The minimum Gasteiger partial charge on any atom is -0.289 e. The van der Waals surface area contributed by atoms with Crippen LogP contribution in [0.15, 0.2) is 83.3 Å². The smallest absolute Gasteiger partial charge is 0.186 e. The highest BCUT2D eigenvalue weighted by atomic mass is 16.1. The summed E-state index contributed by atoms with van der Waals surface area (Å²) < 4.78 is 0. The summed E-state index contributed by atoms with van der Waals surface area (Å²) in [5, 5.41) is 11.1. The van der Waals surface area contributed by atoms with Crippen molar-refractivity contribution in [3.05, 3.63) is 83.9 Å². The van der Waals surface area contributed by atoms with Gasteiger partial charge in [0, 0.05) is 5.56 Å². The number of anilines is 1. The van der Waals surface area contributed by atoms with Gasteiger partial charge in [-0.2, -0.15) is 0 Å². The average Bonchev–Trinajstić information content (AvgIpc) is 3.45. The molecule has 1 aliphatic rings. The van der Waals surface area contributed by atoms with Crippen LogP contribution in [0.4, 0.5) is 5.69 Å². The van der Waals surface area contributed by atoms with Crippen LogP contribution in [-0.4, -0.2) is 5.78 Å². The van der Waals surface area contributed by atoms with E-state index in [4.69, 9.17) is 0 Å². The Morgan fingerprint density at radius 1 is 0.870 bits per heavy atom. The number of fused-ring (bicyclic) bond motifs is 1. The average molecular weight is 299 g/mol. The summed E-state index contributed by atoms with van der Waals surface area (Å²) in [6.45, 7) is 0. The molecule has 3 aromatic rings. The number of hydrogen-bond donors (Lipinski definition) is 0. The molecule has 0 saturated heterocycles. The van der Waals surface area contributed by atoms with Crippen molar-refractivity contribution in [3.8, 4) is 0 Å². The fourth-order valence-corrected chi connectivity index (χ4v) is 2.54. The summed E-state index contributed by atoms with van der Waals surface area (Å²) >= 11 is 0. The van der Waals surface area contributed by atoms with E-state index < -0.39 is 0 Å². The minimum absolute atomic E-state index is 0.00168. The van der Waals surface area contributed by atoms with Crippen molar-refractivity contribution in [2.24, 2.45) is 10.4 Å². The van der Waals surface area contributed by atoms with Gasteiger partial charge in [0.25, 0.3) is 0 Å². The second-order valence-corrected chi connectivity index (χ2v) is 5.28. The molecule has 0 N–H and O–H groups in total. The molecule has 0 aliphatic carbocycles. The summed E-state index contributed by atoms with van der Waals surface area (Å²) in [5.41, 5.74) is 2.60. The Labute approximate surface area is 133 Å². The van der Waals surface area contributed by atoms with Crippen molar-refractivity contribution in [2.45, 2.75) is 0 Å². The van der Waals surface area contributed by atoms with Crippen LogP contribution in [-0.2, 0) is 0 Å². The molecule has 0 amide bonds. The molecule has 0 radical (unpaired) electrons. The number of nitrogens with zero attached hydrogens (tertiary/aromatic N) is 3. The Hall–Kier alpha value is -3.27. The highest BCUT2D eigenvalue weighted by Gasteiger charge is 2.12. The standard InChI is InChI=1S/C19H13N3O/c23-19(18-7-3-5-15-4-1-2-6-17(15)18)13-10-14-8-11-16(12-9-14)22-20-21-22/h1-13H/b13-10+. The monoisotopic (exact) mass is 299 g/mol. The van der Waals surface area contributed by atoms with Crippen LogP contribution in [0.1, 0.15) is 15.9 Å². The fourth-order valence-electron chi connectivity index (χ4n) is 2.54. The van der Waals surface area contributed by atoms with Crippen molar-refractivity contribution < 1.29 is 4.79 Å². The summed E-state index contributed by atoms with van der Waals surface area (Å²) in [6, 6.07) is 21.4. The molecule has 110 valence electrons. The molecule has 0 unspecified atom stereocenters. The quantitative estimate of drug-likeness (QED) is 0.511. The number of hydrogen-bond acceptors (Lipinski definition) is 4. The fraction of sp³-hybridized carbons (Fsp3) is 0. The van der Waals surface area contributed by atoms with Crippen LogP contribution in [0.3, 0.4) is 0 Å². The van der Waals surface area contributed by atoms with Gasteiger partial charge in [0.05, 0.1) is 5.69 Å². The number of allylic oxidation sites excluding steroid dienone is 1. The van der Waals surface area contributed by atoms with Crippen molar-refractivity contribution in [1.82, 2.24) is 0 Å². The van der Waals surface area contributed by atoms with Gasteiger partial charge >= 0.3 is 0 Å². The minimum atomic E-state index is 0.00168. The van der Waals surface area contributed by atoms with E-state index in [1.54, 1.807) is 11.2 Å². The van der Waals surface area contributed by atoms with E-state index >= 15 is 0 Å². The molecule has 23 heavy (non-hydrogen) atoms. The van der Waals surface area contributed by atoms with E-state index in [0.29, 0.717) is 0 Å². The summed E-state index contributed by atoms with van der Waals surface area (Å²) in [7, 11) is 0. The van der Waals surface area contributed by atoms with Crippen LogP contribution < -0.4 is 5.12 Å². The number of carbonyl (C=O) groups is 1. The summed E-state index contributed by atoms with van der Waals surface area (Å²) in [5.74, 6) is 0.00168. The van der Waals surface area contributed by atoms with Crippen molar-refractivity contribution in [3.63, 3.8) is 0 Å². The Bertz CT molecular complexity index is 931. The van der Waals surface area contributed by atoms with E-state index in [1.807, 2.05) is 72.8 Å². The summed E-state index contributed by atoms with van der Waals surface area (Å²) in [6.07, 6.45) is 3.44. The van der Waals surface area contributed by atoms with E-state index in [9.17, 15) is 4.79 Å². The van der Waals surface area contributed by atoms with Gasteiger partial charge in [-0.25, -0.2) is 0 Å². The van der Waals surface area contributed by atoms with Crippen molar-refractivity contribution in [1.29, 1.82) is 0 Å². The molecule has 4 rings (SSSR count). The van der Waals surface area contributed by atoms with Crippen molar-refractivity contribution >= 4 is 28.3 Å². The van der Waals surface area contributed by atoms with E-state index in [2.05, 4.69) is 10.4 Å². The number of carbonyl (C=O) groups excluding carboxylic acids is 1. The molecule has 0 atom stereocenters. The molecular weight excluding hydrogens is 286 g/mol. The van der Waals surface area contributed by atoms with Crippen LogP contribution in [0.25, 0.3) is 16.8 Å². The predicted molar refractivity (Wildman–Crippen MR) is 91.1 cm³/mol. The molecule has 0 aromatic heterocycles. The zero-order valence-electron chi connectivity index (χ0n) is 12.3. The van der Waals surface area contributed by atoms with Crippen LogP contribution in [0.5, 0.6) is 0 Å². The van der Waals surface area contributed by atoms with E-state index in [0.717, 1.165) is 27.6 Å². The van der Waals surface area contributed by atoms with Crippen LogP contribution in [0.2, 0.25) is 0 Å². The lowest BCUT2D eigenvalue weighted by Gasteiger charge is -2.03. The molecule has 0 bridgehead atoms. The lowest BCUT2D eigenvalue weighted by Crippen LogP contribution is -1.95. The maximum absolute atomic E-state index is 12.5. The molecule has 0 spiro atoms. The Morgan fingerprint density at radius 3 is 2.39 bits per heavy atom. The van der Waals surface area contributed by atoms with Gasteiger partial charge in [-0.1, -0.05) is 60.7 Å². The molecule has 3 aromatic carbocycles. The lowest BCUT2D eigenvalue weighted by molar-refractivity contribution is 0.104. The van der Waals surface area contributed by atoms with Gasteiger partial charge < -0.3 is 0 Å². The molecular formula is C19H13N3O. The van der Waals surface area contributed by atoms with Gasteiger partial charge in [-0.05, 0) is 45.0 Å². The molecule has 1 aliphatic heterocycles. The van der Waals surface area contributed by atoms with Gasteiger partial charge in [0.15, 0.2) is 5.78 Å². The molecule has 1 heterocycles. The first-order chi connectivity index (χ1) is 11.3. The second-order valence-electron chi connectivity index (χ2n) is 5.28. The van der Waals surface area contributed by atoms with Crippen LogP contribution >= 0.6 is 0 Å². The molecule has 4 heteroatoms. The maximum Gasteiger partial charge on any atom is 0.186 e. The highest BCUT2D eigenvalue weighted by Crippen LogP contribution is 2.24. The van der Waals surface area contributed by atoms with Gasteiger partial charge in [-0.15, -0.1) is 5.12 Å². The number of ketones is 1. The van der Waals surface area contributed by atoms with Gasteiger partial charge in [0.1, 0.15) is 0 Å². The highest BCUT2D eigenvalue weighted by molar-refractivity contribution is 6.14. The van der Waals surface area contributed by atoms with E-state index in [1.165, 1.54) is 0 Å². The van der Waals surface area contributed by atoms with E-state index in [-0.39, 0.29) is 5.78 Å². The SMILES string of the molecule is O=C(/C=C/c1ccc(N2N=N2)cc1)c1cccc2ccccc12. The normalized spacial score (nSPS) is 13.0. The molecule has 0 fully saturated rings. The second kappa shape index (κ2) is 5.50. The number of benzene rings is 3. The first kappa shape index (κ1) is 13.4. The Balaban J connectivity index is 1.58. The third-order valence-corrected chi connectivity index (χ3v) is 3.79. The zero-order chi connectivity index (χ0) is 15.6. The predicted octanol–water partition coefficient (Wildman–Crippen LogP) is 4.84. The van der Waals surface area contributed by atoms with Gasteiger partial charge in [0.2, 0.25) is 0 Å². The topological polar surface area (TPSA) is 44.8 Å². The van der Waals surface area contributed by atoms with Crippen LogP contribution in [0, 0.1) is 0 Å². The Kier molecular flexibility index (Phi) is 3.20. The lowest BCUT2D eigenvalue weighted by atomic mass is 10.0. The first-order valence-electron chi connectivity index (χ1n) is 7.33. The Morgan fingerprint density at radius 2 is 1.61 bits per heavy atom. The molecule has 4 nitrogen and oxygen atoms in total. The van der Waals surface area contributed by atoms with Gasteiger partial charge in [-0.3, -0.25) is 4.79 Å².